The Morgan fingerprint density at radius 1 is 1.35 bits per heavy atom. The first-order chi connectivity index (χ1) is 11.2. The largest absolute Gasteiger partial charge is 0.492 e. The summed E-state index contributed by atoms with van der Waals surface area (Å²) in [5, 5.41) is 7.65. The van der Waals surface area contributed by atoms with Crippen molar-refractivity contribution >= 4 is 17.4 Å². The predicted octanol–water partition coefficient (Wildman–Crippen LogP) is 2.92. The Kier molecular flexibility index (Phi) is 4.87. The van der Waals surface area contributed by atoms with Crippen LogP contribution in [0.15, 0.2) is 35.7 Å². The molecule has 2 aromatic rings. The van der Waals surface area contributed by atoms with Crippen molar-refractivity contribution in [1.82, 2.24) is 10.6 Å². The van der Waals surface area contributed by atoms with Crippen LogP contribution in [-0.4, -0.2) is 26.0 Å². The maximum atomic E-state index is 11.8. The average molecular weight is 334 g/mol. The molecule has 7 heteroatoms. The van der Waals surface area contributed by atoms with Crippen LogP contribution in [0.3, 0.4) is 0 Å². The van der Waals surface area contributed by atoms with E-state index in [-0.39, 0.29) is 18.9 Å². The Bertz CT molecular complexity index is 660. The van der Waals surface area contributed by atoms with Gasteiger partial charge >= 0.3 is 6.03 Å². The number of carbonyl (C=O) groups is 1. The number of urea groups is 1. The first kappa shape index (κ1) is 15.5. The van der Waals surface area contributed by atoms with Gasteiger partial charge in [-0.15, -0.1) is 11.3 Å². The summed E-state index contributed by atoms with van der Waals surface area (Å²) in [6.07, 6.45) is 0. The summed E-state index contributed by atoms with van der Waals surface area (Å²) in [5.41, 5.74) is 0. The normalized spacial score (nSPS) is 13.4. The molecule has 2 amide bonds. The molecule has 2 heterocycles. The molecule has 122 valence electrons. The molecule has 0 radical (unpaired) electrons. The minimum Gasteiger partial charge on any atom is -0.492 e. The van der Waals surface area contributed by atoms with Gasteiger partial charge in [-0.1, -0.05) is 6.07 Å². The van der Waals surface area contributed by atoms with Gasteiger partial charge in [0.05, 0.1) is 12.6 Å². The van der Waals surface area contributed by atoms with Crippen LogP contribution in [0, 0.1) is 0 Å². The Hall–Kier alpha value is -2.41. The second-order valence-electron chi connectivity index (χ2n) is 5.00. The third-order valence-electron chi connectivity index (χ3n) is 3.32. The molecular formula is C16H18N2O4S. The van der Waals surface area contributed by atoms with Crippen LogP contribution in [0.1, 0.15) is 17.8 Å². The molecular weight excluding hydrogens is 316 g/mol. The molecule has 0 spiro atoms. The molecule has 0 aliphatic carbocycles. The number of fused-ring (bicyclic) bond motifs is 1. The first-order valence-corrected chi connectivity index (χ1v) is 8.20. The van der Waals surface area contributed by atoms with Crippen molar-refractivity contribution in [3.05, 3.63) is 40.6 Å². The van der Waals surface area contributed by atoms with E-state index >= 15 is 0 Å². The van der Waals surface area contributed by atoms with Gasteiger partial charge in [-0.2, -0.15) is 0 Å². The quantitative estimate of drug-likeness (QED) is 0.797. The van der Waals surface area contributed by atoms with Crippen molar-refractivity contribution in [3.8, 4) is 17.2 Å². The van der Waals surface area contributed by atoms with Crippen LogP contribution in [-0.2, 0) is 0 Å². The summed E-state index contributed by atoms with van der Waals surface area (Å²) in [5.74, 6) is 2.08. The van der Waals surface area contributed by atoms with Crippen LogP contribution in [0.5, 0.6) is 17.2 Å². The maximum Gasteiger partial charge on any atom is 0.315 e. The number of ether oxygens (including phenoxy) is 3. The second-order valence-corrected chi connectivity index (χ2v) is 5.98. The lowest BCUT2D eigenvalue weighted by Gasteiger charge is -2.13. The molecule has 2 N–H and O–H groups in total. The molecule has 0 fully saturated rings. The van der Waals surface area contributed by atoms with E-state index in [1.54, 1.807) is 23.5 Å². The summed E-state index contributed by atoms with van der Waals surface area (Å²) >= 11 is 1.62. The predicted molar refractivity (Wildman–Crippen MR) is 87.3 cm³/mol. The lowest BCUT2D eigenvalue weighted by Crippen LogP contribution is -2.38. The molecule has 3 rings (SSSR count). The highest BCUT2D eigenvalue weighted by atomic mass is 32.1. The van der Waals surface area contributed by atoms with E-state index in [2.05, 4.69) is 10.6 Å². The van der Waals surface area contributed by atoms with Gasteiger partial charge in [0.2, 0.25) is 6.79 Å². The van der Waals surface area contributed by atoms with Crippen molar-refractivity contribution < 1.29 is 19.0 Å². The molecule has 0 unspecified atom stereocenters. The fourth-order valence-electron chi connectivity index (χ4n) is 2.16. The lowest BCUT2D eigenvalue weighted by molar-refractivity contribution is 0.173. The highest BCUT2D eigenvalue weighted by molar-refractivity contribution is 7.10. The number of amides is 2. The van der Waals surface area contributed by atoms with E-state index in [0.29, 0.717) is 24.7 Å². The number of benzene rings is 1. The monoisotopic (exact) mass is 334 g/mol. The zero-order valence-corrected chi connectivity index (χ0v) is 13.5. The van der Waals surface area contributed by atoms with Crippen LogP contribution in [0.2, 0.25) is 0 Å². The minimum absolute atomic E-state index is 0.00946. The van der Waals surface area contributed by atoms with Gasteiger partial charge in [-0.25, -0.2) is 4.79 Å². The van der Waals surface area contributed by atoms with E-state index in [1.165, 1.54) is 0 Å². The summed E-state index contributed by atoms with van der Waals surface area (Å²) in [7, 11) is 0. The summed E-state index contributed by atoms with van der Waals surface area (Å²) in [6, 6.07) is 9.15. The zero-order valence-electron chi connectivity index (χ0n) is 12.7. The highest BCUT2D eigenvalue weighted by Gasteiger charge is 2.13. The SMILES string of the molecule is C[C@H](NC(=O)NCCOc1ccc2c(c1)OCO2)c1cccs1. The molecule has 1 atom stereocenters. The minimum atomic E-state index is -0.208. The summed E-state index contributed by atoms with van der Waals surface area (Å²) in [4.78, 5) is 12.9. The van der Waals surface area contributed by atoms with Crippen LogP contribution >= 0.6 is 11.3 Å². The first-order valence-electron chi connectivity index (χ1n) is 7.32. The lowest BCUT2D eigenvalue weighted by atomic mass is 10.3. The number of hydrogen-bond donors (Lipinski definition) is 2. The Morgan fingerprint density at radius 3 is 3.04 bits per heavy atom. The van der Waals surface area contributed by atoms with Crippen LogP contribution in [0.4, 0.5) is 4.79 Å². The molecule has 1 aliphatic heterocycles. The fraction of sp³-hybridized carbons (Fsp3) is 0.312. The van der Waals surface area contributed by atoms with Crippen molar-refractivity contribution in [1.29, 1.82) is 0 Å². The summed E-state index contributed by atoms with van der Waals surface area (Å²) < 4.78 is 16.1. The Morgan fingerprint density at radius 2 is 2.22 bits per heavy atom. The van der Waals surface area contributed by atoms with Crippen LogP contribution < -0.4 is 24.8 Å². The topological polar surface area (TPSA) is 68.8 Å². The number of rotatable bonds is 6. The summed E-state index contributed by atoms with van der Waals surface area (Å²) in [6.45, 7) is 2.98. The molecule has 0 saturated heterocycles. The van der Waals surface area contributed by atoms with Gasteiger partial charge in [0, 0.05) is 10.9 Å². The standard InChI is InChI=1S/C16H18N2O4S/c1-11(15-3-2-8-23-15)18-16(19)17-6-7-20-12-4-5-13-14(9-12)22-10-21-13/h2-5,8-9,11H,6-7,10H2,1H3,(H2,17,18,19)/t11-/m0/s1. The number of carbonyl (C=O) groups excluding carboxylic acids is 1. The van der Waals surface area contributed by atoms with E-state index < -0.39 is 0 Å². The zero-order chi connectivity index (χ0) is 16.1. The second kappa shape index (κ2) is 7.23. The van der Waals surface area contributed by atoms with Gasteiger partial charge in [-0.05, 0) is 30.5 Å². The molecule has 23 heavy (non-hydrogen) atoms. The molecule has 0 bridgehead atoms. The third-order valence-corrected chi connectivity index (χ3v) is 4.37. The van der Waals surface area contributed by atoms with E-state index in [4.69, 9.17) is 14.2 Å². The van der Waals surface area contributed by atoms with E-state index in [1.807, 2.05) is 30.5 Å². The highest BCUT2D eigenvalue weighted by Crippen LogP contribution is 2.34. The Balaban J connectivity index is 1.37. The average Bonchev–Trinajstić information content (AvgIpc) is 3.22. The van der Waals surface area contributed by atoms with Gasteiger partial charge in [0.25, 0.3) is 0 Å². The number of hydrogen-bond acceptors (Lipinski definition) is 5. The smallest absolute Gasteiger partial charge is 0.315 e. The van der Waals surface area contributed by atoms with Crippen molar-refractivity contribution in [2.24, 2.45) is 0 Å². The van der Waals surface area contributed by atoms with Crippen molar-refractivity contribution in [3.63, 3.8) is 0 Å². The number of nitrogens with one attached hydrogen (secondary N) is 2. The molecule has 1 aromatic carbocycles. The fourth-order valence-corrected chi connectivity index (χ4v) is 2.89. The third kappa shape index (κ3) is 4.07. The van der Waals surface area contributed by atoms with E-state index in [0.717, 1.165) is 10.6 Å². The van der Waals surface area contributed by atoms with Gasteiger partial charge in [-0.3, -0.25) is 0 Å². The van der Waals surface area contributed by atoms with Gasteiger partial charge < -0.3 is 24.8 Å². The number of thiophene rings is 1. The maximum absolute atomic E-state index is 11.8. The Labute approximate surface area is 138 Å². The van der Waals surface area contributed by atoms with Crippen molar-refractivity contribution in [2.45, 2.75) is 13.0 Å². The molecule has 6 nitrogen and oxygen atoms in total. The van der Waals surface area contributed by atoms with E-state index in [9.17, 15) is 4.79 Å². The molecule has 0 saturated carbocycles. The molecule has 1 aliphatic rings. The van der Waals surface area contributed by atoms with Gasteiger partial charge in [0.15, 0.2) is 11.5 Å². The van der Waals surface area contributed by atoms with Crippen LogP contribution in [0.25, 0.3) is 0 Å². The molecule has 1 aromatic heterocycles. The van der Waals surface area contributed by atoms with Crippen molar-refractivity contribution in [2.75, 3.05) is 19.9 Å². The van der Waals surface area contributed by atoms with Gasteiger partial charge in [0.1, 0.15) is 12.4 Å².